The number of sulfone groups is 1. The van der Waals surface area contributed by atoms with Crippen LogP contribution >= 0.6 is 0 Å². The van der Waals surface area contributed by atoms with Crippen LogP contribution in [0.15, 0.2) is 36.5 Å². The first-order valence-electron chi connectivity index (χ1n) is 7.03. The van der Waals surface area contributed by atoms with E-state index in [9.17, 15) is 8.42 Å². The van der Waals surface area contributed by atoms with Gasteiger partial charge in [-0.15, -0.1) is 0 Å². The molecule has 0 spiro atoms. The Morgan fingerprint density at radius 2 is 1.90 bits per heavy atom. The molecule has 0 saturated carbocycles. The lowest BCUT2D eigenvalue weighted by molar-refractivity contribution is 0.459. The average Bonchev–Trinajstić information content (AvgIpc) is 2.96. The van der Waals surface area contributed by atoms with E-state index in [0.29, 0.717) is 19.4 Å². The molecule has 1 saturated heterocycles. The van der Waals surface area contributed by atoms with E-state index in [4.69, 9.17) is 0 Å². The number of hydrogen-bond acceptors (Lipinski definition) is 5. The molecule has 21 heavy (non-hydrogen) atoms. The summed E-state index contributed by atoms with van der Waals surface area (Å²) in [6, 6.07) is 9.98. The number of nitrogens with one attached hydrogen (secondary N) is 1. The molecule has 6 nitrogen and oxygen atoms in total. The Bertz CT molecular complexity index is 683. The predicted octanol–water partition coefficient (Wildman–Crippen LogP) is 0.934. The van der Waals surface area contributed by atoms with Gasteiger partial charge in [0.2, 0.25) is 0 Å². The highest BCUT2D eigenvalue weighted by Gasteiger charge is 2.23. The number of nitrogens with zero attached hydrogens (tertiary/aromatic N) is 3. The monoisotopic (exact) mass is 306 g/mol. The smallest absolute Gasteiger partial charge is 0.150 e. The maximum atomic E-state index is 11.4. The van der Waals surface area contributed by atoms with Crippen LogP contribution < -0.4 is 5.32 Å². The first-order valence-corrected chi connectivity index (χ1v) is 8.85. The first kappa shape index (κ1) is 14.2. The molecular weight excluding hydrogens is 288 g/mol. The zero-order valence-corrected chi connectivity index (χ0v) is 12.5. The second kappa shape index (κ2) is 5.95. The summed E-state index contributed by atoms with van der Waals surface area (Å²) in [7, 11) is -2.80. The minimum atomic E-state index is -2.80. The van der Waals surface area contributed by atoms with Gasteiger partial charge in [0.1, 0.15) is 9.84 Å². The van der Waals surface area contributed by atoms with Crippen LogP contribution in [-0.2, 0) is 16.4 Å². The van der Waals surface area contributed by atoms with Gasteiger partial charge in [-0.2, -0.15) is 15.0 Å². The third-order valence-electron chi connectivity index (χ3n) is 3.65. The van der Waals surface area contributed by atoms with E-state index >= 15 is 0 Å². The second-order valence-corrected chi connectivity index (χ2v) is 7.57. The average molecular weight is 306 g/mol. The molecule has 112 valence electrons. The fraction of sp³-hybridized carbons (Fsp3) is 0.429. The van der Waals surface area contributed by atoms with Gasteiger partial charge in [0, 0.05) is 12.6 Å². The van der Waals surface area contributed by atoms with E-state index < -0.39 is 9.84 Å². The zero-order valence-electron chi connectivity index (χ0n) is 11.6. The summed E-state index contributed by atoms with van der Waals surface area (Å²) in [6.07, 6.45) is 3.09. The Kier molecular flexibility index (Phi) is 4.03. The number of para-hydroxylation sites is 1. The maximum Gasteiger partial charge on any atom is 0.150 e. The lowest BCUT2D eigenvalue weighted by Gasteiger charge is -2.22. The molecule has 7 heteroatoms. The van der Waals surface area contributed by atoms with Crippen molar-refractivity contribution in [2.75, 3.05) is 11.5 Å². The van der Waals surface area contributed by atoms with Crippen LogP contribution in [-0.4, -0.2) is 41.0 Å². The van der Waals surface area contributed by atoms with E-state index in [1.807, 2.05) is 30.3 Å². The molecule has 1 aliphatic rings. The highest BCUT2D eigenvalue weighted by atomic mass is 32.2. The maximum absolute atomic E-state index is 11.4. The van der Waals surface area contributed by atoms with Crippen LogP contribution in [0, 0.1) is 0 Å². The Balaban J connectivity index is 1.56. The van der Waals surface area contributed by atoms with Crippen molar-refractivity contribution in [3.63, 3.8) is 0 Å². The molecule has 1 aromatic heterocycles. The van der Waals surface area contributed by atoms with Gasteiger partial charge in [-0.25, -0.2) is 8.42 Å². The third-order valence-corrected chi connectivity index (χ3v) is 5.37. The molecule has 1 N–H and O–H groups in total. The molecule has 0 bridgehead atoms. The van der Waals surface area contributed by atoms with Crippen molar-refractivity contribution in [1.82, 2.24) is 20.3 Å². The van der Waals surface area contributed by atoms with Gasteiger partial charge in [-0.05, 0) is 25.0 Å². The van der Waals surface area contributed by atoms with E-state index in [2.05, 4.69) is 15.5 Å². The van der Waals surface area contributed by atoms with Crippen molar-refractivity contribution >= 4 is 9.84 Å². The Morgan fingerprint density at radius 3 is 2.62 bits per heavy atom. The van der Waals surface area contributed by atoms with Crippen molar-refractivity contribution < 1.29 is 8.42 Å². The number of aromatic nitrogens is 3. The Labute approximate surface area is 124 Å². The van der Waals surface area contributed by atoms with Crippen molar-refractivity contribution in [1.29, 1.82) is 0 Å². The lowest BCUT2D eigenvalue weighted by Crippen LogP contribution is -2.37. The molecule has 0 radical (unpaired) electrons. The van der Waals surface area contributed by atoms with Gasteiger partial charge in [-0.1, -0.05) is 18.2 Å². The van der Waals surface area contributed by atoms with Gasteiger partial charge >= 0.3 is 0 Å². The highest BCUT2D eigenvalue weighted by Crippen LogP contribution is 2.12. The standard InChI is InChI=1S/C14H18N4O2S/c19-21(20)8-6-12(7-9-21)15-10-13-11-16-18(17-13)14-4-2-1-3-5-14/h1-5,11-12,15H,6-10H2. The molecule has 2 aromatic rings. The largest absolute Gasteiger partial charge is 0.308 e. The van der Waals surface area contributed by atoms with E-state index in [-0.39, 0.29) is 17.5 Å². The summed E-state index contributed by atoms with van der Waals surface area (Å²) in [6.45, 7) is 0.609. The van der Waals surface area contributed by atoms with Crippen LogP contribution in [0.1, 0.15) is 18.5 Å². The molecule has 0 aliphatic carbocycles. The van der Waals surface area contributed by atoms with Crippen LogP contribution in [0.25, 0.3) is 5.69 Å². The predicted molar refractivity (Wildman–Crippen MR) is 79.9 cm³/mol. The molecule has 1 aliphatic heterocycles. The van der Waals surface area contributed by atoms with Crippen LogP contribution in [0.2, 0.25) is 0 Å². The lowest BCUT2D eigenvalue weighted by atomic mass is 10.1. The van der Waals surface area contributed by atoms with Crippen LogP contribution in [0.3, 0.4) is 0 Å². The Hall–Kier alpha value is -1.73. The van der Waals surface area contributed by atoms with Gasteiger partial charge in [0.25, 0.3) is 0 Å². The minimum Gasteiger partial charge on any atom is -0.308 e. The summed E-state index contributed by atoms with van der Waals surface area (Å²) in [4.78, 5) is 1.60. The topological polar surface area (TPSA) is 76.9 Å². The Morgan fingerprint density at radius 1 is 1.19 bits per heavy atom. The number of benzene rings is 1. The SMILES string of the molecule is O=S1(=O)CCC(NCc2cnn(-c3ccccc3)n2)CC1. The van der Waals surface area contributed by atoms with Crippen molar-refractivity contribution in [3.8, 4) is 5.69 Å². The van der Waals surface area contributed by atoms with Gasteiger partial charge in [0.15, 0.2) is 0 Å². The summed E-state index contributed by atoms with van der Waals surface area (Å²) in [5, 5.41) is 12.0. The van der Waals surface area contributed by atoms with Gasteiger partial charge < -0.3 is 5.32 Å². The fourth-order valence-corrected chi connectivity index (χ4v) is 3.90. The molecule has 2 heterocycles. The number of hydrogen-bond donors (Lipinski definition) is 1. The fourth-order valence-electron chi connectivity index (χ4n) is 2.40. The molecule has 1 fully saturated rings. The van der Waals surface area contributed by atoms with Crippen molar-refractivity contribution in [2.24, 2.45) is 0 Å². The van der Waals surface area contributed by atoms with Crippen LogP contribution in [0.4, 0.5) is 0 Å². The van der Waals surface area contributed by atoms with Crippen molar-refractivity contribution in [2.45, 2.75) is 25.4 Å². The van der Waals surface area contributed by atoms with E-state index in [0.717, 1.165) is 11.4 Å². The number of rotatable bonds is 4. The van der Waals surface area contributed by atoms with E-state index in [1.165, 1.54) is 0 Å². The first-order chi connectivity index (χ1) is 10.1. The third kappa shape index (κ3) is 3.68. The highest BCUT2D eigenvalue weighted by molar-refractivity contribution is 7.91. The molecule has 0 amide bonds. The molecule has 1 aromatic carbocycles. The van der Waals surface area contributed by atoms with Gasteiger partial charge in [-0.3, -0.25) is 0 Å². The molecule has 0 unspecified atom stereocenters. The quantitative estimate of drug-likeness (QED) is 0.909. The summed E-state index contributed by atoms with van der Waals surface area (Å²) in [5.41, 5.74) is 1.78. The summed E-state index contributed by atoms with van der Waals surface area (Å²) in [5.74, 6) is 0.558. The van der Waals surface area contributed by atoms with Crippen LogP contribution in [0.5, 0.6) is 0 Å². The van der Waals surface area contributed by atoms with Gasteiger partial charge in [0.05, 0.1) is 29.1 Å². The second-order valence-electron chi connectivity index (χ2n) is 5.27. The molecule has 3 rings (SSSR count). The summed E-state index contributed by atoms with van der Waals surface area (Å²) >= 11 is 0. The van der Waals surface area contributed by atoms with E-state index in [1.54, 1.807) is 11.0 Å². The van der Waals surface area contributed by atoms with Crippen molar-refractivity contribution in [3.05, 3.63) is 42.2 Å². The molecule has 0 atom stereocenters. The zero-order chi connectivity index (χ0) is 14.7. The molecular formula is C14H18N4O2S. The summed E-state index contributed by atoms with van der Waals surface area (Å²) < 4.78 is 22.8. The normalized spacial score (nSPS) is 18.7. The minimum absolute atomic E-state index is 0.246.